The topological polar surface area (TPSA) is 142 Å². The highest BCUT2D eigenvalue weighted by atomic mass is 19.1. The fraction of sp³-hybridized carbons (Fsp3) is 0.361. The largest absolute Gasteiger partial charge is 0.457 e. The van der Waals surface area contributed by atoms with Crippen molar-refractivity contribution in [3.05, 3.63) is 84.2 Å². The minimum absolute atomic E-state index is 0.0504. The number of amides is 2. The Balaban J connectivity index is 1.13. The first-order valence-corrected chi connectivity index (χ1v) is 16.4. The van der Waals surface area contributed by atoms with E-state index < -0.39 is 11.4 Å². The normalized spacial score (nSPS) is 20.2. The molecule has 2 amide bonds. The number of nitriles is 1. The number of imidazole rings is 1. The highest BCUT2D eigenvalue weighted by Crippen LogP contribution is 2.37. The monoisotopic (exact) mass is 664 g/mol. The predicted molar refractivity (Wildman–Crippen MR) is 179 cm³/mol. The second-order valence-corrected chi connectivity index (χ2v) is 13.2. The van der Waals surface area contributed by atoms with Gasteiger partial charge in [0.05, 0.1) is 6.04 Å². The Morgan fingerprint density at radius 3 is 2.73 bits per heavy atom. The molecule has 5 heterocycles. The summed E-state index contributed by atoms with van der Waals surface area (Å²) in [5.74, 6) is 0.699. The van der Waals surface area contributed by atoms with Crippen LogP contribution in [0.4, 0.5) is 15.0 Å². The number of nitrogens with zero attached hydrogens (tertiary/aromatic N) is 7. The summed E-state index contributed by atoms with van der Waals surface area (Å²) in [4.78, 5) is 40.6. The van der Waals surface area contributed by atoms with Crippen molar-refractivity contribution in [3.8, 4) is 28.8 Å². The number of carbonyl (C=O) groups excluding carboxylic acids is 2. The van der Waals surface area contributed by atoms with Crippen molar-refractivity contribution in [2.45, 2.75) is 44.2 Å². The molecule has 0 saturated carbocycles. The lowest BCUT2D eigenvalue weighted by molar-refractivity contribution is -0.128. The summed E-state index contributed by atoms with van der Waals surface area (Å²) in [7, 11) is 0. The zero-order chi connectivity index (χ0) is 34.3. The van der Waals surface area contributed by atoms with Crippen LogP contribution in [0.25, 0.3) is 16.8 Å². The smallest absolute Gasteiger partial charge is 0.410 e. The number of nitrogens with two attached hydrogens (primary N) is 1. The molecule has 0 bridgehead atoms. The van der Waals surface area contributed by atoms with Crippen molar-refractivity contribution in [2.75, 3.05) is 45.1 Å². The Kier molecular flexibility index (Phi) is 8.42. The molecule has 0 unspecified atom stereocenters. The van der Waals surface area contributed by atoms with Crippen LogP contribution < -0.4 is 10.5 Å². The molecule has 2 N–H and O–H groups in total. The number of benzene rings is 2. The molecule has 4 aromatic rings. The number of hydrogen-bond acceptors (Lipinski definition) is 9. The van der Waals surface area contributed by atoms with Crippen LogP contribution in [0, 0.1) is 17.1 Å². The van der Waals surface area contributed by atoms with E-state index in [2.05, 4.69) is 16.0 Å². The van der Waals surface area contributed by atoms with E-state index >= 15 is 4.39 Å². The number of rotatable bonds is 7. The summed E-state index contributed by atoms with van der Waals surface area (Å²) in [5, 5.41) is 10.1. The zero-order valence-corrected chi connectivity index (χ0v) is 27.4. The van der Waals surface area contributed by atoms with Crippen LogP contribution in [-0.4, -0.2) is 92.0 Å². The van der Waals surface area contributed by atoms with Crippen molar-refractivity contribution in [1.29, 1.82) is 5.26 Å². The standard InChI is InChI=1S/C36H37FN8O4/c1-36(2,43-15-16-44-25(21-43)22-48-35(44)47)18-24(19-38)34(46)42-13-6-7-23(20-42)33-41-30(31-32(39)40-12-14-45(31)33)28-11-10-27(17-29(28)37)49-26-8-4-3-5-9-26/h3-5,8-12,14,17-18,23,25H,6-7,13,15-16,20-22H2,1-2H3,(H2,39,40)/t23-,25+/m1/s1. The van der Waals surface area contributed by atoms with Gasteiger partial charge in [0.25, 0.3) is 5.91 Å². The lowest BCUT2D eigenvalue weighted by atomic mass is 9.94. The maximum absolute atomic E-state index is 15.7. The van der Waals surface area contributed by atoms with Gasteiger partial charge in [-0.3, -0.25) is 19.0 Å². The van der Waals surface area contributed by atoms with Gasteiger partial charge < -0.3 is 20.1 Å². The molecular weight excluding hydrogens is 627 g/mol. The maximum atomic E-state index is 15.7. The highest BCUT2D eigenvalue weighted by molar-refractivity contribution is 5.97. The van der Waals surface area contributed by atoms with Gasteiger partial charge in [0, 0.05) is 68.2 Å². The van der Waals surface area contributed by atoms with Crippen molar-refractivity contribution >= 4 is 23.3 Å². The number of anilines is 1. The van der Waals surface area contributed by atoms with Gasteiger partial charge in [0.2, 0.25) is 0 Å². The van der Waals surface area contributed by atoms with Crippen LogP contribution in [0.15, 0.2) is 72.6 Å². The third-order valence-electron chi connectivity index (χ3n) is 9.64. The Labute approximate surface area is 283 Å². The Bertz CT molecular complexity index is 1990. The minimum atomic E-state index is -0.613. The Morgan fingerprint density at radius 2 is 1.96 bits per heavy atom. The minimum Gasteiger partial charge on any atom is -0.457 e. The van der Waals surface area contributed by atoms with Gasteiger partial charge in [-0.15, -0.1) is 0 Å². The molecule has 12 nitrogen and oxygen atoms in total. The number of ether oxygens (including phenoxy) is 2. The number of nitrogen functional groups attached to an aromatic ring is 1. The molecule has 49 heavy (non-hydrogen) atoms. The van der Waals surface area contributed by atoms with Gasteiger partial charge in [-0.2, -0.15) is 5.26 Å². The fourth-order valence-electron chi connectivity index (χ4n) is 7.08. The molecule has 2 aromatic heterocycles. The van der Waals surface area contributed by atoms with Gasteiger partial charge in [0.15, 0.2) is 0 Å². The molecule has 252 valence electrons. The third kappa shape index (κ3) is 6.15. The van der Waals surface area contributed by atoms with Crippen molar-refractivity contribution < 1.29 is 23.5 Å². The summed E-state index contributed by atoms with van der Waals surface area (Å²) < 4.78 is 28.5. The summed E-state index contributed by atoms with van der Waals surface area (Å²) in [6.45, 7) is 6.81. The Hall–Kier alpha value is -5.48. The van der Waals surface area contributed by atoms with Gasteiger partial charge in [-0.05, 0) is 57.0 Å². The second-order valence-electron chi connectivity index (χ2n) is 13.2. The lowest BCUT2D eigenvalue weighted by Crippen LogP contribution is -2.58. The van der Waals surface area contributed by atoms with Crippen LogP contribution >= 0.6 is 0 Å². The molecular formula is C36H37FN8O4. The van der Waals surface area contributed by atoms with Crippen molar-refractivity contribution in [1.82, 2.24) is 29.1 Å². The van der Waals surface area contributed by atoms with E-state index in [9.17, 15) is 14.9 Å². The van der Waals surface area contributed by atoms with E-state index in [4.69, 9.17) is 20.2 Å². The number of piperidine rings is 1. The number of halogens is 1. The number of hydrogen-bond donors (Lipinski definition) is 1. The zero-order valence-electron chi connectivity index (χ0n) is 27.4. The lowest BCUT2D eigenvalue weighted by Gasteiger charge is -2.43. The first-order valence-electron chi connectivity index (χ1n) is 16.4. The fourth-order valence-corrected chi connectivity index (χ4v) is 7.08. The number of fused-ring (bicyclic) bond motifs is 2. The molecule has 13 heteroatoms. The number of piperazine rings is 1. The number of likely N-dealkylation sites (tertiary alicyclic amines) is 1. The number of para-hydroxylation sites is 1. The summed E-state index contributed by atoms with van der Waals surface area (Å²) in [6, 6.07) is 15.8. The Morgan fingerprint density at radius 1 is 1.14 bits per heavy atom. The number of aromatic nitrogens is 3. The number of carbonyl (C=O) groups is 2. The van der Waals surface area contributed by atoms with E-state index in [1.165, 1.54) is 6.07 Å². The maximum Gasteiger partial charge on any atom is 0.410 e. The summed E-state index contributed by atoms with van der Waals surface area (Å²) >= 11 is 0. The third-order valence-corrected chi connectivity index (χ3v) is 9.64. The summed E-state index contributed by atoms with van der Waals surface area (Å²) in [6.07, 6.45) is 6.19. The average Bonchev–Trinajstić information content (AvgIpc) is 3.68. The first kappa shape index (κ1) is 32.1. The van der Waals surface area contributed by atoms with Crippen molar-refractivity contribution in [2.24, 2.45) is 0 Å². The predicted octanol–water partition coefficient (Wildman–Crippen LogP) is 4.98. The molecule has 0 aliphatic carbocycles. The molecule has 3 aliphatic rings. The quantitative estimate of drug-likeness (QED) is 0.214. The molecule has 2 aromatic carbocycles. The molecule has 3 fully saturated rings. The highest BCUT2D eigenvalue weighted by Gasteiger charge is 2.41. The average molecular weight is 665 g/mol. The van der Waals surface area contributed by atoms with Crippen LogP contribution in [0.5, 0.6) is 11.5 Å². The molecule has 7 rings (SSSR count). The molecule has 3 saturated heterocycles. The van der Waals surface area contributed by atoms with Crippen molar-refractivity contribution in [3.63, 3.8) is 0 Å². The van der Waals surface area contributed by atoms with E-state index in [0.29, 0.717) is 74.3 Å². The van der Waals surface area contributed by atoms with Gasteiger partial charge in [-0.1, -0.05) is 18.2 Å². The summed E-state index contributed by atoms with van der Waals surface area (Å²) in [5.41, 5.74) is 6.88. The number of cyclic esters (lactones) is 1. The molecule has 2 atom stereocenters. The SMILES string of the molecule is CC(C)(C=C(C#N)C(=O)N1CCC[C@@H](c2nc(-c3ccc(Oc4ccccc4)cc3F)c3c(N)nccn23)C1)N1CCN2C(=O)OC[C@@H]2C1. The van der Waals surface area contributed by atoms with Crippen LogP contribution in [-0.2, 0) is 9.53 Å². The van der Waals surface area contributed by atoms with E-state index in [0.717, 1.165) is 6.42 Å². The molecule has 3 aliphatic heterocycles. The van der Waals surface area contributed by atoms with Gasteiger partial charge in [0.1, 0.15) is 58.4 Å². The molecule has 0 spiro atoms. The van der Waals surface area contributed by atoms with Crippen LogP contribution in [0.1, 0.15) is 38.4 Å². The van der Waals surface area contributed by atoms with E-state index in [1.54, 1.807) is 52.5 Å². The second kappa shape index (κ2) is 12.9. The van der Waals surface area contributed by atoms with E-state index in [1.807, 2.05) is 36.4 Å². The van der Waals surface area contributed by atoms with E-state index in [-0.39, 0.29) is 40.9 Å². The van der Waals surface area contributed by atoms with Gasteiger partial charge in [-0.25, -0.2) is 19.2 Å². The first-order chi connectivity index (χ1) is 23.6. The van der Waals surface area contributed by atoms with Crippen LogP contribution in [0.3, 0.4) is 0 Å². The molecule has 0 radical (unpaired) electrons. The van der Waals surface area contributed by atoms with Crippen LogP contribution in [0.2, 0.25) is 0 Å². The van der Waals surface area contributed by atoms with Gasteiger partial charge >= 0.3 is 6.09 Å².